The summed E-state index contributed by atoms with van der Waals surface area (Å²) in [5.41, 5.74) is 1.35. The smallest absolute Gasteiger partial charge is 0.186 e. The summed E-state index contributed by atoms with van der Waals surface area (Å²) in [6, 6.07) is 6.43. The molecule has 2 aromatic rings. The van der Waals surface area contributed by atoms with E-state index >= 15 is 0 Å². The van der Waals surface area contributed by atoms with Crippen LogP contribution in [-0.4, -0.2) is 16.4 Å². The highest BCUT2D eigenvalue weighted by Gasteiger charge is 2.25. The molecular formula is C11H8FN3O. The van der Waals surface area contributed by atoms with Crippen LogP contribution in [0.2, 0.25) is 0 Å². The molecule has 1 aliphatic heterocycles. The van der Waals surface area contributed by atoms with Crippen molar-refractivity contribution in [2.45, 2.75) is 12.6 Å². The van der Waals surface area contributed by atoms with Gasteiger partial charge in [0.1, 0.15) is 11.9 Å². The van der Waals surface area contributed by atoms with Crippen LogP contribution in [0, 0.1) is 17.1 Å². The highest BCUT2D eigenvalue weighted by Crippen LogP contribution is 2.29. The molecule has 0 N–H and O–H groups in total. The van der Waals surface area contributed by atoms with E-state index in [-0.39, 0.29) is 5.82 Å². The van der Waals surface area contributed by atoms with Gasteiger partial charge in [0.05, 0.1) is 24.4 Å². The molecule has 0 radical (unpaired) electrons. The Labute approximate surface area is 90.8 Å². The number of nitrogens with zero attached hydrogens (tertiary/aromatic N) is 3. The molecule has 80 valence electrons. The Bertz CT molecular complexity index is 599. The van der Waals surface area contributed by atoms with E-state index in [0.29, 0.717) is 29.7 Å². The molecule has 3 rings (SSSR count). The SMILES string of the molecule is N#CC1OCCn2nc3ccc(F)cc3c21. The van der Waals surface area contributed by atoms with Crippen LogP contribution in [0.5, 0.6) is 0 Å². The standard InChI is InChI=1S/C11H8FN3O/c12-7-1-2-9-8(5-7)11-10(6-13)16-4-3-15(11)14-9/h1-2,5,10H,3-4H2. The highest BCUT2D eigenvalue weighted by atomic mass is 19.1. The lowest BCUT2D eigenvalue weighted by molar-refractivity contribution is 0.0527. The van der Waals surface area contributed by atoms with Crippen molar-refractivity contribution in [3.63, 3.8) is 0 Å². The van der Waals surface area contributed by atoms with Gasteiger partial charge in [0.15, 0.2) is 6.10 Å². The quantitative estimate of drug-likeness (QED) is 0.675. The Morgan fingerprint density at radius 3 is 3.25 bits per heavy atom. The minimum Gasteiger partial charge on any atom is -0.355 e. The predicted octanol–water partition coefficient (Wildman–Crippen LogP) is 1.77. The summed E-state index contributed by atoms with van der Waals surface area (Å²) >= 11 is 0. The molecule has 1 unspecified atom stereocenters. The summed E-state index contributed by atoms with van der Waals surface area (Å²) in [5.74, 6) is -0.328. The fraction of sp³-hybridized carbons (Fsp3) is 0.273. The first-order valence-corrected chi connectivity index (χ1v) is 4.97. The Hall–Kier alpha value is -1.93. The lowest BCUT2D eigenvalue weighted by Gasteiger charge is -2.19. The average Bonchev–Trinajstić information content (AvgIpc) is 2.66. The monoisotopic (exact) mass is 217 g/mol. The van der Waals surface area contributed by atoms with E-state index in [2.05, 4.69) is 11.2 Å². The zero-order valence-corrected chi connectivity index (χ0v) is 8.35. The maximum absolute atomic E-state index is 13.2. The summed E-state index contributed by atoms with van der Waals surface area (Å²) < 4.78 is 20.2. The first kappa shape index (κ1) is 9.31. The number of nitriles is 1. The maximum atomic E-state index is 13.2. The highest BCUT2D eigenvalue weighted by molar-refractivity contribution is 5.82. The van der Waals surface area contributed by atoms with E-state index in [1.807, 2.05) is 0 Å². The maximum Gasteiger partial charge on any atom is 0.186 e. The van der Waals surface area contributed by atoms with Gasteiger partial charge < -0.3 is 4.74 Å². The van der Waals surface area contributed by atoms with Crippen molar-refractivity contribution in [3.05, 3.63) is 29.7 Å². The van der Waals surface area contributed by atoms with Gasteiger partial charge in [0.2, 0.25) is 0 Å². The van der Waals surface area contributed by atoms with Gasteiger partial charge in [0, 0.05) is 5.39 Å². The van der Waals surface area contributed by atoms with E-state index in [9.17, 15) is 4.39 Å². The predicted molar refractivity (Wildman–Crippen MR) is 54.0 cm³/mol. The number of aromatic nitrogens is 2. The van der Waals surface area contributed by atoms with Crippen LogP contribution in [0.3, 0.4) is 0 Å². The van der Waals surface area contributed by atoms with E-state index in [1.54, 1.807) is 10.7 Å². The molecule has 0 aliphatic carbocycles. The minimum atomic E-state index is -0.652. The van der Waals surface area contributed by atoms with Crippen LogP contribution < -0.4 is 0 Å². The van der Waals surface area contributed by atoms with E-state index < -0.39 is 6.10 Å². The molecule has 4 nitrogen and oxygen atoms in total. The van der Waals surface area contributed by atoms with Gasteiger partial charge in [-0.3, -0.25) is 4.68 Å². The van der Waals surface area contributed by atoms with Crippen molar-refractivity contribution in [3.8, 4) is 6.07 Å². The molecular weight excluding hydrogens is 209 g/mol. The lowest BCUT2D eigenvalue weighted by Crippen LogP contribution is -2.21. The minimum absolute atomic E-state index is 0.328. The third-order valence-corrected chi connectivity index (χ3v) is 2.69. The largest absolute Gasteiger partial charge is 0.355 e. The molecule has 1 aliphatic rings. The van der Waals surface area contributed by atoms with Gasteiger partial charge in [-0.25, -0.2) is 4.39 Å². The summed E-state index contributed by atoms with van der Waals surface area (Å²) in [5, 5.41) is 13.9. The molecule has 0 bridgehead atoms. The Morgan fingerprint density at radius 1 is 1.56 bits per heavy atom. The lowest BCUT2D eigenvalue weighted by atomic mass is 10.1. The van der Waals surface area contributed by atoms with Crippen molar-refractivity contribution in [2.24, 2.45) is 0 Å². The third kappa shape index (κ3) is 1.20. The zero-order chi connectivity index (χ0) is 11.1. The van der Waals surface area contributed by atoms with Crippen molar-refractivity contribution >= 4 is 10.9 Å². The van der Waals surface area contributed by atoms with E-state index in [1.165, 1.54) is 12.1 Å². The molecule has 0 saturated heterocycles. The van der Waals surface area contributed by atoms with Crippen LogP contribution in [-0.2, 0) is 11.3 Å². The molecule has 2 heterocycles. The molecule has 0 saturated carbocycles. The number of benzene rings is 1. The Balaban J connectivity index is 2.33. The molecule has 1 aromatic heterocycles. The number of ether oxygens (including phenoxy) is 1. The van der Waals surface area contributed by atoms with E-state index in [4.69, 9.17) is 10.00 Å². The summed E-state index contributed by atoms with van der Waals surface area (Å²) in [4.78, 5) is 0. The number of hydrogen-bond acceptors (Lipinski definition) is 3. The van der Waals surface area contributed by atoms with Crippen LogP contribution in [0.25, 0.3) is 10.9 Å². The van der Waals surface area contributed by atoms with Crippen molar-refractivity contribution in [2.75, 3.05) is 6.61 Å². The van der Waals surface area contributed by atoms with Gasteiger partial charge >= 0.3 is 0 Å². The molecule has 0 spiro atoms. The first-order valence-electron chi connectivity index (χ1n) is 4.97. The van der Waals surface area contributed by atoms with Gasteiger partial charge in [0.25, 0.3) is 0 Å². The van der Waals surface area contributed by atoms with Crippen LogP contribution >= 0.6 is 0 Å². The molecule has 1 atom stereocenters. The van der Waals surface area contributed by atoms with Crippen molar-refractivity contribution in [1.29, 1.82) is 5.26 Å². The second-order valence-electron chi connectivity index (χ2n) is 3.65. The molecule has 1 aromatic carbocycles. The molecule has 0 fully saturated rings. The second-order valence-corrected chi connectivity index (χ2v) is 3.65. The van der Waals surface area contributed by atoms with Gasteiger partial charge in [-0.15, -0.1) is 0 Å². The first-order chi connectivity index (χ1) is 7.79. The van der Waals surface area contributed by atoms with Crippen molar-refractivity contribution in [1.82, 2.24) is 9.78 Å². The van der Waals surface area contributed by atoms with Gasteiger partial charge in [-0.2, -0.15) is 10.4 Å². The van der Waals surface area contributed by atoms with E-state index in [0.717, 1.165) is 0 Å². The normalized spacial score (nSPS) is 19.4. The van der Waals surface area contributed by atoms with Crippen LogP contribution in [0.1, 0.15) is 11.8 Å². The number of halogens is 1. The second kappa shape index (κ2) is 3.29. The number of fused-ring (bicyclic) bond motifs is 3. The summed E-state index contributed by atoms with van der Waals surface area (Å²) in [7, 11) is 0. The van der Waals surface area contributed by atoms with Gasteiger partial charge in [-0.05, 0) is 18.2 Å². The average molecular weight is 217 g/mol. The van der Waals surface area contributed by atoms with Crippen LogP contribution in [0.15, 0.2) is 18.2 Å². The zero-order valence-electron chi connectivity index (χ0n) is 8.35. The fourth-order valence-electron chi connectivity index (χ4n) is 2.00. The topological polar surface area (TPSA) is 50.8 Å². The summed E-state index contributed by atoms with van der Waals surface area (Å²) in [6.45, 7) is 1.06. The van der Waals surface area contributed by atoms with Crippen LogP contribution in [0.4, 0.5) is 4.39 Å². The van der Waals surface area contributed by atoms with Crippen molar-refractivity contribution < 1.29 is 9.13 Å². The summed E-state index contributed by atoms with van der Waals surface area (Å²) in [6.07, 6.45) is -0.652. The van der Waals surface area contributed by atoms with Gasteiger partial charge in [-0.1, -0.05) is 0 Å². The number of rotatable bonds is 0. The Kier molecular flexibility index (Phi) is 1.91. The molecule has 0 amide bonds. The fourth-order valence-corrected chi connectivity index (χ4v) is 2.00. The third-order valence-electron chi connectivity index (χ3n) is 2.69. The molecule has 5 heteroatoms. The Morgan fingerprint density at radius 2 is 2.44 bits per heavy atom. The number of hydrogen-bond donors (Lipinski definition) is 0. The molecule has 16 heavy (non-hydrogen) atoms.